The van der Waals surface area contributed by atoms with Crippen LogP contribution in [0.5, 0.6) is 0 Å². The zero-order chi connectivity index (χ0) is 31.3. The Bertz CT molecular complexity index is 2700. The van der Waals surface area contributed by atoms with Gasteiger partial charge in [0, 0.05) is 5.41 Å². The molecule has 0 heteroatoms. The molecule has 0 radical (unpaired) electrons. The van der Waals surface area contributed by atoms with Crippen molar-refractivity contribution < 1.29 is 0 Å². The topological polar surface area (TPSA) is 0 Å². The Balaban J connectivity index is 1.33. The van der Waals surface area contributed by atoms with Crippen molar-refractivity contribution in [2.45, 2.75) is 19.3 Å². The quantitative estimate of drug-likeness (QED) is 0.138. The van der Waals surface area contributed by atoms with Gasteiger partial charge >= 0.3 is 0 Å². The van der Waals surface area contributed by atoms with Crippen molar-refractivity contribution in [2.75, 3.05) is 0 Å². The molecule has 0 amide bonds. The molecule has 9 aromatic carbocycles. The summed E-state index contributed by atoms with van der Waals surface area (Å²) in [7, 11) is 0. The molecule has 0 aliphatic heterocycles. The van der Waals surface area contributed by atoms with Crippen LogP contribution in [-0.2, 0) is 5.41 Å². The molecule has 0 spiro atoms. The highest BCUT2D eigenvalue weighted by atomic mass is 14.4. The van der Waals surface area contributed by atoms with E-state index in [0.29, 0.717) is 0 Å². The minimum Gasteiger partial charge on any atom is -0.0619 e. The molecule has 0 bridgehead atoms. The zero-order valence-electron chi connectivity index (χ0n) is 26.5. The fourth-order valence-corrected chi connectivity index (χ4v) is 8.64. The highest BCUT2D eigenvalue weighted by Crippen LogP contribution is 2.54. The summed E-state index contributed by atoms with van der Waals surface area (Å²) in [6, 6.07) is 58.9. The maximum absolute atomic E-state index is 2.52. The van der Waals surface area contributed by atoms with Crippen LogP contribution in [-0.4, -0.2) is 0 Å². The lowest BCUT2D eigenvalue weighted by molar-refractivity contribution is 0.661. The van der Waals surface area contributed by atoms with Crippen molar-refractivity contribution in [3.8, 4) is 33.4 Å². The molecular formula is C47H32. The van der Waals surface area contributed by atoms with Crippen LogP contribution in [0.3, 0.4) is 0 Å². The first-order valence-corrected chi connectivity index (χ1v) is 16.6. The second kappa shape index (κ2) is 9.64. The standard InChI is InChI=1S/C47H32/c1-47(2)42-22-12-11-21-39(42)46-34-16-6-5-15-33(34)41(28-43(46)47)45-37-19-9-7-17-35(37)44(36-18-8-10-20-38(36)45)31-26-25-30-24-23-29-13-3-4-14-32(29)40(30)27-31/h3-28H,1-2H3. The Hall–Kier alpha value is -5.72. The van der Waals surface area contributed by atoms with Crippen molar-refractivity contribution >= 4 is 53.9 Å². The minimum absolute atomic E-state index is 0.0931. The molecule has 10 rings (SSSR count). The van der Waals surface area contributed by atoms with Gasteiger partial charge in [-0.15, -0.1) is 0 Å². The van der Waals surface area contributed by atoms with E-state index in [2.05, 4.69) is 172 Å². The molecule has 47 heavy (non-hydrogen) atoms. The Morgan fingerprint density at radius 3 is 1.49 bits per heavy atom. The highest BCUT2D eigenvalue weighted by Gasteiger charge is 2.37. The Morgan fingerprint density at radius 2 is 0.809 bits per heavy atom. The molecule has 0 nitrogen and oxygen atoms in total. The predicted molar refractivity (Wildman–Crippen MR) is 202 cm³/mol. The highest BCUT2D eigenvalue weighted by molar-refractivity contribution is 6.25. The number of fused-ring (bicyclic) bond motifs is 10. The summed E-state index contributed by atoms with van der Waals surface area (Å²) in [4.78, 5) is 0. The Labute approximate surface area is 274 Å². The van der Waals surface area contributed by atoms with Crippen LogP contribution in [0, 0.1) is 0 Å². The lowest BCUT2D eigenvalue weighted by Crippen LogP contribution is -2.15. The number of benzene rings is 9. The first-order chi connectivity index (χ1) is 23.1. The van der Waals surface area contributed by atoms with Crippen molar-refractivity contribution in [3.63, 3.8) is 0 Å². The number of hydrogen-bond acceptors (Lipinski definition) is 0. The van der Waals surface area contributed by atoms with Gasteiger partial charge in [0.05, 0.1) is 0 Å². The van der Waals surface area contributed by atoms with Gasteiger partial charge in [0.2, 0.25) is 0 Å². The molecule has 0 unspecified atom stereocenters. The van der Waals surface area contributed by atoms with Gasteiger partial charge in [0.25, 0.3) is 0 Å². The normalized spacial score (nSPS) is 13.5. The van der Waals surface area contributed by atoms with E-state index in [1.807, 2.05) is 0 Å². The largest absolute Gasteiger partial charge is 0.0619 e. The van der Waals surface area contributed by atoms with Crippen LogP contribution in [0.25, 0.3) is 87.2 Å². The lowest BCUT2D eigenvalue weighted by Gasteiger charge is -2.24. The van der Waals surface area contributed by atoms with Gasteiger partial charge in [-0.05, 0) is 111 Å². The Morgan fingerprint density at radius 1 is 0.319 bits per heavy atom. The van der Waals surface area contributed by atoms with Gasteiger partial charge < -0.3 is 0 Å². The molecule has 0 saturated carbocycles. The van der Waals surface area contributed by atoms with Gasteiger partial charge in [-0.25, -0.2) is 0 Å². The van der Waals surface area contributed by atoms with Crippen molar-refractivity contribution in [1.82, 2.24) is 0 Å². The van der Waals surface area contributed by atoms with Crippen molar-refractivity contribution in [3.05, 3.63) is 169 Å². The van der Waals surface area contributed by atoms with Gasteiger partial charge in [0.1, 0.15) is 0 Å². The summed E-state index contributed by atoms with van der Waals surface area (Å²) < 4.78 is 0. The van der Waals surface area contributed by atoms with Crippen molar-refractivity contribution in [2.24, 2.45) is 0 Å². The molecule has 0 aromatic heterocycles. The van der Waals surface area contributed by atoms with E-state index in [0.717, 1.165) is 0 Å². The van der Waals surface area contributed by atoms with Gasteiger partial charge in [-0.1, -0.05) is 159 Å². The van der Waals surface area contributed by atoms with Crippen LogP contribution >= 0.6 is 0 Å². The molecule has 1 aliphatic rings. The lowest BCUT2D eigenvalue weighted by atomic mass is 9.79. The SMILES string of the molecule is CC1(C)c2ccccc2-c2c1cc(-c1c3ccccc3c(-c3ccc4ccc5ccccc5c4c3)c3ccccc13)c1ccccc21. The summed E-state index contributed by atoms with van der Waals surface area (Å²) >= 11 is 0. The van der Waals surface area contributed by atoms with Crippen molar-refractivity contribution in [1.29, 1.82) is 0 Å². The fraction of sp³-hybridized carbons (Fsp3) is 0.0638. The third-order valence-corrected chi connectivity index (χ3v) is 10.8. The van der Waals surface area contributed by atoms with Crippen LogP contribution < -0.4 is 0 Å². The molecule has 220 valence electrons. The molecule has 0 atom stereocenters. The Kier molecular flexibility index (Phi) is 5.44. The molecular weight excluding hydrogens is 565 g/mol. The summed E-state index contributed by atoms with van der Waals surface area (Å²) in [6.07, 6.45) is 0. The monoisotopic (exact) mass is 596 g/mol. The molecule has 0 heterocycles. The second-order valence-electron chi connectivity index (χ2n) is 13.6. The van der Waals surface area contributed by atoms with Crippen LogP contribution in [0.15, 0.2) is 158 Å². The first-order valence-electron chi connectivity index (χ1n) is 16.6. The number of rotatable bonds is 2. The van der Waals surface area contributed by atoms with E-state index in [1.54, 1.807) is 0 Å². The molecule has 0 N–H and O–H groups in total. The fourth-order valence-electron chi connectivity index (χ4n) is 8.64. The summed E-state index contributed by atoms with van der Waals surface area (Å²) in [5.41, 5.74) is 10.7. The van der Waals surface area contributed by atoms with Gasteiger partial charge in [-0.2, -0.15) is 0 Å². The van der Waals surface area contributed by atoms with E-state index < -0.39 is 0 Å². The molecule has 0 saturated heterocycles. The third-order valence-electron chi connectivity index (χ3n) is 10.8. The maximum atomic E-state index is 2.52. The first kappa shape index (κ1) is 26.5. The average molecular weight is 597 g/mol. The molecule has 1 aliphatic carbocycles. The van der Waals surface area contributed by atoms with Crippen LogP contribution in [0.1, 0.15) is 25.0 Å². The van der Waals surface area contributed by atoms with E-state index in [9.17, 15) is 0 Å². The summed E-state index contributed by atoms with van der Waals surface area (Å²) in [6.45, 7) is 4.78. The van der Waals surface area contributed by atoms with Gasteiger partial charge in [-0.3, -0.25) is 0 Å². The van der Waals surface area contributed by atoms with E-state index >= 15 is 0 Å². The van der Waals surface area contributed by atoms with E-state index in [-0.39, 0.29) is 5.41 Å². The van der Waals surface area contributed by atoms with Crippen LogP contribution in [0.2, 0.25) is 0 Å². The van der Waals surface area contributed by atoms with E-state index in [1.165, 1.54) is 98.4 Å². The minimum atomic E-state index is -0.0931. The molecule has 0 fully saturated rings. The molecule has 9 aromatic rings. The average Bonchev–Trinajstić information content (AvgIpc) is 3.36. The third kappa shape index (κ3) is 3.64. The van der Waals surface area contributed by atoms with Crippen LogP contribution in [0.4, 0.5) is 0 Å². The summed E-state index contributed by atoms with van der Waals surface area (Å²) in [5, 5.41) is 12.9. The van der Waals surface area contributed by atoms with Gasteiger partial charge in [0.15, 0.2) is 0 Å². The predicted octanol–water partition coefficient (Wildman–Crippen LogP) is 13.1. The summed E-state index contributed by atoms with van der Waals surface area (Å²) in [5.74, 6) is 0. The zero-order valence-corrected chi connectivity index (χ0v) is 26.5. The second-order valence-corrected chi connectivity index (χ2v) is 13.6. The number of hydrogen-bond donors (Lipinski definition) is 0. The van der Waals surface area contributed by atoms with E-state index in [4.69, 9.17) is 0 Å². The smallest absolute Gasteiger partial charge is 0.0159 e. The maximum Gasteiger partial charge on any atom is 0.0159 e.